The molecule has 0 saturated heterocycles. The van der Waals surface area contributed by atoms with Crippen LogP contribution in [0.15, 0.2) is 54.6 Å². The molecule has 1 unspecified atom stereocenters. The minimum absolute atomic E-state index is 0.121. The van der Waals surface area contributed by atoms with Crippen molar-refractivity contribution in [1.82, 2.24) is 9.88 Å². The van der Waals surface area contributed by atoms with E-state index in [4.69, 9.17) is 33.4 Å². The molecule has 1 aliphatic heterocycles. The van der Waals surface area contributed by atoms with Crippen molar-refractivity contribution in [3.8, 4) is 34.5 Å². The molecule has 0 spiro atoms. The Bertz CT molecular complexity index is 1650. The highest BCUT2D eigenvalue weighted by atomic mass is 16.5. The van der Waals surface area contributed by atoms with Gasteiger partial charge in [0.2, 0.25) is 0 Å². The van der Waals surface area contributed by atoms with Crippen molar-refractivity contribution in [1.29, 1.82) is 0 Å². The van der Waals surface area contributed by atoms with Crippen molar-refractivity contribution < 1.29 is 33.2 Å². The number of nitrogens with zero attached hydrogens (tertiary/aromatic N) is 2. The highest BCUT2D eigenvalue weighted by Crippen LogP contribution is 2.41. The second kappa shape index (κ2) is 12.9. The van der Waals surface area contributed by atoms with Crippen LogP contribution in [0.5, 0.6) is 34.5 Å². The number of pyridine rings is 1. The molecule has 2 aliphatic rings. The Morgan fingerprint density at radius 3 is 2.25 bits per heavy atom. The number of methoxy groups -OCH3 is 4. The van der Waals surface area contributed by atoms with Crippen molar-refractivity contribution in [2.45, 2.75) is 38.1 Å². The number of rotatable bonds is 10. The number of fused-ring (bicyclic) bond motifs is 3. The van der Waals surface area contributed by atoms with E-state index in [9.17, 15) is 4.79 Å². The number of para-hydroxylation sites is 1. The summed E-state index contributed by atoms with van der Waals surface area (Å²) in [4.78, 5) is 20.8. The Morgan fingerprint density at radius 2 is 1.50 bits per heavy atom. The van der Waals surface area contributed by atoms with Crippen LogP contribution < -0.4 is 28.4 Å². The van der Waals surface area contributed by atoms with Gasteiger partial charge in [0.15, 0.2) is 29.6 Å². The van der Waals surface area contributed by atoms with Gasteiger partial charge in [-0.3, -0.25) is 9.78 Å². The first kappa shape index (κ1) is 29.4. The second-order valence-corrected chi connectivity index (χ2v) is 11.0. The summed E-state index contributed by atoms with van der Waals surface area (Å²) in [7, 11) is 6.46. The van der Waals surface area contributed by atoms with Gasteiger partial charge < -0.3 is 33.3 Å². The lowest BCUT2D eigenvalue weighted by molar-refractivity contribution is -0.137. The molecule has 0 radical (unpaired) electrons. The summed E-state index contributed by atoms with van der Waals surface area (Å²) in [5.74, 6) is 3.78. The molecule has 3 aromatic carbocycles. The van der Waals surface area contributed by atoms with Gasteiger partial charge >= 0.3 is 0 Å². The van der Waals surface area contributed by atoms with E-state index in [-0.39, 0.29) is 25.2 Å². The molecule has 0 saturated carbocycles. The van der Waals surface area contributed by atoms with Gasteiger partial charge in [-0.25, -0.2) is 0 Å². The summed E-state index contributed by atoms with van der Waals surface area (Å²) in [5.41, 5.74) is 4.91. The molecule has 1 amide bonds. The predicted molar refractivity (Wildman–Crippen MR) is 167 cm³/mol. The second-order valence-electron chi connectivity index (χ2n) is 11.0. The van der Waals surface area contributed by atoms with Gasteiger partial charge in [-0.1, -0.05) is 18.2 Å². The molecule has 230 valence electrons. The fourth-order valence-electron chi connectivity index (χ4n) is 6.29. The summed E-state index contributed by atoms with van der Waals surface area (Å²) in [6.45, 7) is 0.681. The van der Waals surface area contributed by atoms with Crippen LogP contribution in [0.25, 0.3) is 10.9 Å². The van der Waals surface area contributed by atoms with E-state index in [1.54, 1.807) is 28.4 Å². The maximum atomic E-state index is 14.0. The number of aryl methyl sites for hydroxylation is 1. The fraction of sp³-hybridized carbons (Fsp3) is 0.371. The molecule has 0 fully saturated rings. The Kier molecular flexibility index (Phi) is 8.63. The SMILES string of the molecule is COc1cc2c(cc1OC)C(COc1ccccc1)N(C(=O)COc1c3c(nc4cc(OC)c(OC)cc14)CCCC3)CC2. The van der Waals surface area contributed by atoms with Crippen molar-refractivity contribution >= 4 is 16.8 Å². The van der Waals surface area contributed by atoms with Crippen molar-refractivity contribution in [2.75, 3.05) is 48.2 Å². The minimum atomic E-state index is -0.345. The first-order chi connectivity index (χ1) is 21.5. The number of hydrogen-bond donors (Lipinski definition) is 0. The lowest BCUT2D eigenvalue weighted by Crippen LogP contribution is -2.44. The Balaban J connectivity index is 1.32. The van der Waals surface area contributed by atoms with E-state index in [1.807, 2.05) is 59.5 Å². The van der Waals surface area contributed by atoms with E-state index < -0.39 is 0 Å². The highest BCUT2D eigenvalue weighted by Gasteiger charge is 2.33. The van der Waals surface area contributed by atoms with Crippen LogP contribution in [0.3, 0.4) is 0 Å². The zero-order valence-corrected chi connectivity index (χ0v) is 25.7. The van der Waals surface area contributed by atoms with Crippen LogP contribution in [0.1, 0.15) is 41.3 Å². The molecule has 1 aromatic heterocycles. The van der Waals surface area contributed by atoms with E-state index in [1.165, 1.54) is 0 Å². The van der Waals surface area contributed by atoms with E-state index in [0.717, 1.165) is 64.7 Å². The zero-order chi connectivity index (χ0) is 30.6. The van der Waals surface area contributed by atoms with Crippen molar-refractivity contribution in [2.24, 2.45) is 0 Å². The quantitative estimate of drug-likeness (QED) is 0.229. The normalized spacial score (nSPS) is 15.6. The maximum absolute atomic E-state index is 14.0. The Hall–Kier alpha value is -4.66. The Labute approximate surface area is 257 Å². The third-order valence-electron chi connectivity index (χ3n) is 8.53. The number of aromatic nitrogens is 1. The van der Waals surface area contributed by atoms with Crippen LogP contribution in [0, 0.1) is 0 Å². The summed E-state index contributed by atoms with van der Waals surface area (Å²) in [6.07, 6.45) is 4.51. The number of benzene rings is 3. The topological polar surface area (TPSA) is 88.6 Å². The molecule has 0 bridgehead atoms. The number of carbonyl (C=O) groups excluding carboxylic acids is 1. The summed E-state index contributed by atoms with van der Waals surface area (Å²) >= 11 is 0. The molecule has 2 heterocycles. The van der Waals surface area contributed by atoms with Gasteiger partial charge in [-0.05, 0) is 73.6 Å². The molecule has 9 nitrogen and oxygen atoms in total. The predicted octanol–water partition coefficient (Wildman–Crippen LogP) is 5.73. The molecule has 44 heavy (non-hydrogen) atoms. The maximum Gasteiger partial charge on any atom is 0.261 e. The first-order valence-electron chi connectivity index (χ1n) is 15.0. The molecular formula is C35H38N2O7. The van der Waals surface area contributed by atoms with Crippen LogP contribution in [-0.2, 0) is 24.1 Å². The van der Waals surface area contributed by atoms with E-state index >= 15 is 0 Å². The molecule has 6 rings (SSSR count). The van der Waals surface area contributed by atoms with E-state index in [2.05, 4.69) is 0 Å². The van der Waals surface area contributed by atoms with Gasteiger partial charge in [0.25, 0.3) is 5.91 Å². The van der Waals surface area contributed by atoms with Crippen LogP contribution in [0.2, 0.25) is 0 Å². The molecular weight excluding hydrogens is 560 g/mol. The van der Waals surface area contributed by atoms with Crippen LogP contribution in [0.4, 0.5) is 0 Å². The lowest BCUT2D eigenvalue weighted by atomic mass is 9.92. The van der Waals surface area contributed by atoms with Crippen molar-refractivity contribution in [3.05, 3.63) is 77.0 Å². The lowest BCUT2D eigenvalue weighted by Gasteiger charge is -2.37. The largest absolute Gasteiger partial charge is 0.493 e. The van der Waals surface area contributed by atoms with Gasteiger partial charge in [0.1, 0.15) is 18.1 Å². The van der Waals surface area contributed by atoms with Gasteiger partial charge in [-0.15, -0.1) is 0 Å². The van der Waals surface area contributed by atoms with Gasteiger partial charge in [-0.2, -0.15) is 0 Å². The standard InChI is InChI=1S/C35H38N2O7/c1-39-30-16-22-14-15-37(29(25(22)17-31(30)40-2)20-43-23-10-6-5-7-11-23)34(38)21-44-35-24-12-8-9-13-27(24)36-28-19-33(42-4)32(41-3)18-26(28)35/h5-7,10-11,16-19,29H,8-9,12-15,20-21H2,1-4H3. The van der Waals surface area contributed by atoms with Gasteiger partial charge in [0, 0.05) is 29.3 Å². The third-order valence-corrected chi connectivity index (χ3v) is 8.53. The molecule has 1 atom stereocenters. The summed E-state index contributed by atoms with van der Waals surface area (Å²) < 4.78 is 35.0. The number of ether oxygens (including phenoxy) is 6. The summed E-state index contributed by atoms with van der Waals surface area (Å²) in [5, 5.41) is 0.806. The van der Waals surface area contributed by atoms with Crippen LogP contribution in [-0.4, -0.2) is 64.0 Å². The van der Waals surface area contributed by atoms with Crippen LogP contribution >= 0.6 is 0 Å². The number of amides is 1. The number of hydrogen-bond acceptors (Lipinski definition) is 8. The van der Waals surface area contributed by atoms with Gasteiger partial charge in [0.05, 0.1) is 40.0 Å². The zero-order valence-electron chi connectivity index (χ0n) is 25.7. The average Bonchev–Trinajstić information content (AvgIpc) is 3.07. The fourth-order valence-corrected chi connectivity index (χ4v) is 6.29. The monoisotopic (exact) mass is 598 g/mol. The van der Waals surface area contributed by atoms with E-state index in [0.29, 0.717) is 41.7 Å². The minimum Gasteiger partial charge on any atom is -0.493 e. The average molecular weight is 599 g/mol. The molecule has 0 N–H and O–H groups in total. The molecule has 1 aliphatic carbocycles. The Morgan fingerprint density at radius 1 is 0.818 bits per heavy atom. The highest BCUT2D eigenvalue weighted by molar-refractivity contribution is 5.90. The smallest absolute Gasteiger partial charge is 0.261 e. The number of carbonyl (C=O) groups is 1. The third kappa shape index (κ3) is 5.66. The first-order valence-corrected chi connectivity index (χ1v) is 15.0. The summed E-state index contributed by atoms with van der Waals surface area (Å²) in [6, 6.07) is 17.0. The van der Waals surface area contributed by atoms with Crippen molar-refractivity contribution in [3.63, 3.8) is 0 Å². The molecule has 9 heteroatoms. The molecule has 4 aromatic rings.